The standard InChI is InChI=1S/C26H28ClN3O5S/c1-29-12-14-30(15-13-29)24(19-2-11-25-26(16-19)34-18-33-25)17-28-36(31,32)23-9-7-22(8-10-23)35-21-5-3-20(27)4-6-21/h2-11,16,24,28H,12-15,17-18H2,1H3. The molecule has 1 saturated heterocycles. The van der Waals surface area contributed by atoms with E-state index in [4.69, 9.17) is 25.8 Å². The second kappa shape index (κ2) is 10.7. The van der Waals surface area contributed by atoms with Crippen LogP contribution in [0.4, 0.5) is 0 Å². The van der Waals surface area contributed by atoms with Crippen LogP contribution < -0.4 is 18.9 Å². The molecule has 0 radical (unpaired) electrons. The van der Waals surface area contributed by atoms with Gasteiger partial charge in [0.25, 0.3) is 0 Å². The van der Waals surface area contributed by atoms with Crippen molar-refractivity contribution >= 4 is 21.6 Å². The lowest BCUT2D eigenvalue weighted by Crippen LogP contribution is -2.48. The maximum atomic E-state index is 13.2. The lowest BCUT2D eigenvalue weighted by atomic mass is 10.0. The third kappa shape index (κ3) is 5.77. The normalized spacial score (nSPS) is 17.2. The van der Waals surface area contributed by atoms with Crippen molar-refractivity contribution in [1.29, 1.82) is 0 Å². The van der Waals surface area contributed by atoms with Crippen LogP contribution in [0, 0.1) is 0 Å². The molecule has 10 heteroatoms. The van der Waals surface area contributed by atoms with Crippen LogP contribution in [0.15, 0.2) is 71.6 Å². The first-order chi connectivity index (χ1) is 17.4. The molecule has 5 rings (SSSR count). The van der Waals surface area contributed by atoms with Crippen LogP contribution in [0.2, 0.25) is 5.02 Å². The first-order valence-corrected chi connectivity index (χ1v) is 13.6. The van der Waals surface area contributed by atoms with Gasteiger partial charge in [0.2, 0.25) is 16.8 Å². The van der Waals surface area contributed by atoms with E-state index < -0.39 is 10.0 Å². The molecule has 0 bridgehead atoms. The minimum Gasteiger partial charge on any atom is -0.457 e. The average Bonchev–Trinajstić information content (AvgIpc) is 3.35. The number of ether oxygens (including phenoxy) is 3. The molecule has 1 fully saturated rings. The Kier molecular flexibility index (Phi) is 7.36. The summed E-state index contributed by atoms with van der Waals surface area (Å²) in [5, 5.41) is 0.616. The number of halogens is 1. The van der Waals surface area contributed by atoms with E-state index in [-0.39, 0.29) is 24.3 Å². The van der Waals surface area contributed by atoms with E-state index in [1.54, 1.807) is 48.5 Å². The summed E-state index contributed by atoms with van der Waals surface area (Å²) in [4.78, 5) is 4.75. The van der Waals surface area contributed by atoms with Gasteiger partial charge in [-0.25, -0.2) is 13.1 Å². The summed E-state index contributed by atoms with van der Waals surface area (Å²) in [6.45, 7) is 3.95. The van der Waals surface area contributed by atoms with Gasteiger partial charge in [0.05, 0.1) is 4.90 Å². The van der Waals surface area contributed by atoms with Gasteiger partial charge in [0.1, 0.15) is 11.5 Å². The smallest absolute Gasteiger partial charge is 0.240 e. The van der Waals surface area contributed by atoms with Gasteiger partial charge in [-0.15, -0.1) is 0 Å². The van der Waals surface area contributed by atoms with Crippen molar-refractivity contribution in [2.75, 3.05) is 46.6 Å². The summed E-state index contributed by atoms with van der Waals surface area (Å²) in [6.07, 6.45) is 0. The Balaban J connectivity index is 1.30. The fourth-order valence-electron chi connectivity index (χ4n) is 4.31. The Labute approximate surface area is 216 Å². The molecular formula is C26H28ClN3O5S. The topological polar surface area (TPSA) is 80.3 Å². The molecule has 1 unspecified atom stereocenters. The van der Waals surface area contributed by atoms with Gasteiger partial charge in [-0.3, -0.25) is 4.90 Å². The van der Waals surface area contributed by atoms with E-state index in [2.05, 4.69) is 21.6 Å². The van der Waals surface area contributed by atoms with Gasteiger partial charge in [0, 0.05) is 43.8 Å². The maximum absolute atomic E-state index is 13.2. The van der Waals surface area contributed by atoms with Crippen molar-refractivity contribution in [2.45, 2.75) is 10.9 Å². The Bertz CT molecular complexity index is 1290. The van der Waals surface area contributed by atoms with E-state index in [0.29, 0.717) is 28.0 Å². The molecule has 3 aromatic carbocycles. The molecule has 36 heavy (non-hydrogen) atoms. The summed E-state index contributed by atoms with van der Waals surface area (Å²) >= 11 is 5.91. The second-order valence-corrected chi connectivity index (χ2v) is 11.1. The third-order valence-electron chi connectivity index (χ3n) is 6.41. The zero-order valence-corrected chi connectivity index (χ0v) is 21.5. The van der Waals surface area contributed by atoms with Crippen molar-refractivity contribution in [1.82, 2.24) is 14.5 Å². The van der Waals surface area contributed by atoms with Crippen molar-refractivity contribution < 1.29 is 22.6 Å². The number of piperazine rings is 1. The molecule has 0 spiro atoms. The highest BCUT2D eigenvalue weighted by molar-refractivity contribution is 7.89. The van der Waals surface area contributed by atoms with Gasteiger partial charge in [-0.05, 0) is 73.3 Å². The summed E-state index contributed by atoms with van der Waals surface area (Å²) in [5.74, 6) is 2.54. The number of likely N-dealkylation sites (N-methyl/N-ethyl adjacent to an activating group) is 1. The minimum absolute atomic E-state index is 0.143. The predicted octanol–water partition coefficient (Wildman–Crippen LogP) is 4.13. The highest BCUT2D eigenvalue weighted by atomic mass is 35.5. The van der Waals surface area contributed by atoms with Gasteiger partial charge < -0.3 is 19.1 Å². The molecule has 2 heterocycles. The van der Waals surface area contributed by atoms with Gasteiger partial charge in [-0.1, -0.05) is 17.7 Å². The zero-order valence-electron chi connectivity index (χ0n) is 19.9. The largest absolute Gasteiger partial charge is 0.457 e. The lowest BCUT2D eigenvalue weighted by molar-refractivity contribution is 0.112. The third-order valence-corrected chi connectivity index (χ3v) is 8.10. The highest BCUT2D eigenvalue weighted by Gasteiger charge is 2.27. The number of nitrogens with one attached hydrogen (secondary N) is 1. The van der Waals surface area contributed by atoms with Crippen molar-refractivity contribution in [3.05, 3.63) is 77.3 Å². The first-order valence-electron chi connectivity index (χ1n) is 11.7. The summed E-state index contributed by atoms with van der Waals surface area (Å²) in [6, 6.07) is 19.0. The summed E-state index contributed by atoms with van der Waals surface area (Å²) < 4.78 is 45.9. The van der Waals surface area contributed by atoms with Crippen LogP contribution in [0.3, 0.4) is 0 Å². The number of rotatable bonds is 8. The molecule has 8 nitrogen and oxygen atoms in total. The quantitative estimate of drug-likeness (QED) is 0.470. The van der Waals surface area contributed by atoms with Crippen LogP contribution >= 0.6 is 11.6 Å². The number of hydrogen-bond acceptors (Lipinski definition) is 7. The van der Waals surface area contributed by atoms with Crippen LogP contribution in [0.5, 0.6) is 23.0 Å². The highest BCUT2D eigenvalue weighted by Crippen LogP contribution is 2.36. The number of nitrogens with zero attached hydrogens (tertiary/aromatic N) is 2. The first kappa shape index (κ1) is 24.9. The molecule has 0 aliphatic carbocycles. The minimum atomic E-state index is -3.74. The fourth-order valence-corrected chi connectivity index (χ4v) is 5.47. The van der Waals surface area contributed by atoms with E-state index in [1.807, 2.05) is 18.2 Å². The van der Waals surface area contributed by atoms with Crippen LogP contribution in [0.1, 0.15) is 11.6 Å². The molecule has 3 aromatic rings. The number of benzene rings is 3. The van der Waals surface area contributed by atoms with Gasteiger partial charge in [-0.2, -0.15) is 0 Å². The van der Waals surface area contributed by atoms with Crippen molar-refractivity contribution in [3.8, 4) is 23.0 Å². The Morgan fingerprint density at radius 1 is 0.917 bits per heavy atom. The molecule has 0 aromatic heterocycles. The molecule has 0 saturated carbocycles. The molecule has 0 amide bonds. The number of fused-ring (bicyclic) bond motifs is 1. The summed E-state index contributed by atoms with van der Waals surface area (Å²) in [5.41, 5.74) is 0.984. The van der Waals surface area contributed by atoms with E-state index in [0.717, 1.165) is 31.7 Å². The number of sulfonamides is 1. The lowest BCUT2D eigenvalue weighted by Gasteiger charge is -2.38. The predicted molar refractivity (Wildman–Crippen MR) is 138 cm³/mol. The molecule has 1 atom stereocenters. The van der Waals surface area contributed by atoms with Gasteiger partial charge >= 0.3 is 0 Å². The maximum Gasteiger partial charge on any atom is 0.240 e. The van der Waals surface area contributed by atoms with Gasteiger partial charge in [0.15, 0.2) is 11.5 Å². The molecular weight excluding hydrogens is 502 g/mol. The van der Waals surface area contributed by atoms with E-state index >= 15 is 0 Å². The van der Waals surface area contributed by atoms with E-state index in [1.165, 1.54) is 0 Å². The Morgan fingerprint density at radius 2 is 1.56 bits per heavy atom. The molecule has 1 N–H and O–H groups in total. The average molecular weight is 530 g/mol. The SMILES string of the molecule is CN1CCN(C(CNS(=O)(=O)c2ccc(Oc3ccc(Cl)cc3)cc2)c2ccc3c(c2)OCO3)CC1. The number of hydrogen-bond donors (Lipinski definition) is 1. The molecule has 2 aliphatic heterocycles. The van der Waals surface area contributed by atoms with Crippen LogP contribution in [-0.2, 0) is 10.0 Å². The molecule has 190 valence electrons. The Morgan fingerprint density at radius 3 is 2.25 bits per heavy atom. The monoisotopic (exact) mass is 529 g/mol. The van der Waals surface area contributed by atoms with Crippen LogP contribution in [-0.4, -0.2) is 64.8 Å². The fraction of sp³-hybridized carbons (Fsp3) is 0.308. The zero-order chi connectivity index (χ0) is 25.1. The van der Waals surface area contributed by atoms with Crippen molar-refractivity contribution in [2.24, 2.45) is 0 Å². The molecule has 2 aliphatic rings. The van der Waals surface area contributed by atoms with Crippen molar-refractivity contribution in [3.63, 3.8) is 0 Å². The van der Waals surface area contributed by atoms with Crippen LogP contribution in [0.25, 0.3) is 0 Å². The second-order valence-electron chi connectivity index (χ2n) is 8.85. The summed E-state index contributed by atoms with van der Waals surface area (Å²) in [7, 11) is -1.64. The Hall–Kier alpha value is -2.82. The van der Waals surface area contributed by atoms with E-state index in [9.17, 15) is 8.42 Å².